The molecule has 0 unspecified atom stereocenters. The largest absolute Gasteiger partial charge is 0.507 e. The number of ether oxygens (including phenoxy) is 2. The third kappa shape index (κ3) is 3.70. The first-order valence-electron chi connectivity index (χ1n) is 6.63. The third-order valence-corrected chi connectivity index (χ3v) is 3.03. The fourth-order valence-corrected chi connectivity index (χ4v) is 1.88. The number of phenols is 2. The van der Waals surface area contributed by atoms with Gasteiger partial charge in [-0.15, -0.1) is 0 Å². The molecule has 0 heterocycles. The quantitative estimate of drug-likeness (QED) is 0.577. The average molecular weight is 316 g/mol. The lowest BCUT2D eigenvalue weighted by Gasteiger charge is -2.09. The SMILES string of the molecule is COc1cc(/C=N/NC(=O)c2ccccc2O)cc(OC)c1O. The molecule has 2 rings (SSSR count). The molecule has 2 aromatic rings. The summed E-state index contributed by atoms with van der Waals surface area (Å²) in [6.45, 7) is 0. The molecule has 2 aromatic carbocycles. The van der Waals surface area contributed by atoms with Crippen LogP contribution in [0.4, 0.5) is 0 Å². The van der Waals surface area contributed by atoms with Crippen LogP contribution in [0.25, 0.3) is 0 Å². The van der Waals surface area contributed by atoms with Gasteiger partial charge in [-0.05, 0) is 24.3 Å². The molecule has 1 amide bonds. The fourth-order valence-electron chi connectivity index (χ4n) is 1.88. The lowest BCUT2D eigenvalue weighted by Crippen LogP contribution is -2.17. The Labute approximate surface area is 132 Å². The molecule has 0 aliphatic carbocycles. The second kappa shape index (κ2) is 7.17. The number of hydrogen-bond donors (Lipinski definition) is 3. The van der Waals surface area contributed by atoms with Crippen molar-refractivity contribution in [3.05, 3.63) is 47.5 Å². The molecule has 3 N–H and O–H groups in total. The van der Waals surface area contributed by atoms with Gasteiger partial charge in [0.25, 0.3) is 5.91 Å². The molecule has 0 fully saturated rings. The van der Waals surface area contributed by atoms with Crippen molar-refractivity contribution >= 4 is 12.1 Å². The number of carbonyl (C=O) groups excluding carboxylic acids is 1. The van der Waals surface area contributed by atoms with Crippen molar-refractivity contribution in [2.24, 2.45) is 5.10 Å². The molecular formula is C16H16N2O5. The van der Waals surface area contributed by atoms with Crippen molar-refractivity contribution in [1.29, 1.82) is 0 Å². The molecule has 0 radical (unpaired) electrons. The smallest absolute Gasteiger partial charge is 0.275 e. The normalized spacial score (nSPS) is 10.5. The molecule has 0 bridgehead atoms. The van der Waals surface area contributed by atoms with Crippen LogP contribution >= 0.6 is 0 Å². The molecule has 0 aromatic heterocycles. The molecule has 7 nitrogen and oxygen atoms in total. The number of amides is 1. The number of rotatable bonds is 5. The Morgan fingerprint density at radius 3 is 2.30 bits per heavy atom. The number of hydrogen-bond acceptors (Lipinski definition) is 6. The van der Waals surface area contributed by atoms with E-state index in [1.54, 1.807) is 12.1 Å². The van der Waals surface area contributed by atoms with Crippen LogP contribution in [0.5, 0.6) is 23.0 Å². The van der Waals surface area contributed by atoms with Gasteiger partial charge in [0.15, 0.2) is 11.5 Å². The van der Waals surface area contributed by atoms with Crippen LogP contribution in [-0.2, 0) is 0 Å². The summed E-state index contributed by atoms with van der Waals surface area (Å²) in [7, 11) is 2.82. The van der Waals surface area contributed by atoms with E-state index in [9.17, 15) is 15.0 Å². The topological polar surface area (TPSA) is 100 Å². The minimum absolute atomic E-state index is 0.116. The maximum Gasteiger partial charge on any atom is 0.275 e. The van der Waals surface area contributed by atoms with E-state index in [1.165, 1.54) is 44.7 Å². The molecular weight excluding hydrogens is 300 g/mol. The third-order valence-electron chi connectivity index (χ3n) is 3.03. The highest BCUT2D eigenvalue weighted by Gasteiger charge is 2.11. The van der Waals surface area contributed by atoms with E-state index >= 15 is 0 Å². The number of nitrogens with zero attached hydrogens (tertiary/aromatic N) is 1. The van der Waals surface area contributed by atoms with Gasteiger partial charge in [-0.1, -0.05) is 12.1 Å². The van der Waals surface area contributed by atoms with E-state index in [0.717, 1.165) is 0 Å². The van der Waals surface area contributed by atoms with E-state index in [1.807, 2.05) is 0 Å². The van der Waals surface area contributed by atoms with Gasteiger partial charge in [0, 0.05) is 5.56 Å². The lowest BCUT2D eigenvalue weighted by atomic mass is 10.2. The molecule has 0 spiro atoms. The van der Waals surface area contributed by atoms with Crippen LogP contribution in [0.1, 0.15) is 15.9 Å². The van der Waals surface area contributed by atoms with E-state index in [0.29, 0.717) is 5.56 Å². The Morgan fingerprint density at radius 1 is 1.13 bits per heavy atom. The Morgan fingerprint density at radius 2 is 1.74 bits per heavy atom. The number of phenolic OH excluding ortho intramolecular Hbond substituents is 2. The monoisotopic (exact) mass is 316 g/mol. The maximum atomic E-state index is 11.9. The van der Waals surface area contributed by atoms with Crippen LogP contribution in [0.3, 0.4) is 0 Å². The number of carbonyl (C=O) groups is 1. The Hall–Kier alpha value is -3.22. The van der Waals surface area contributed by atoms with Crippen molar-refractivity contribution in [2.75, 3.05) is 14.2 Å². The number of methoxy groups -OCH3 is 2. The zero-order valence-corrected chi connectivity index (χ0v) is 12.6. The fraction of sp³-hybridized carbons (Fsp3) is 0.125. The predicted molar refractivity (Wildman–Crippen MR) is 84.4 cm³/mol. The second-order valence-electron chi connectivity index (χ2n) is 4.49. The zero-order chi connectivity index (χ0) is 16.8. The maximum absolute atomic E-state index is 11.9. The van der Waals surface area contributed by atoms with Crippen molar-refractivity contribution < 1.29 is 24.5 Å². The highest BCUT2D eigenvalue weighted by atomic mass is 16.5. The van der Waals surface area contributed by atoms with E-state index < -0.39 is 5.91 Å². The number of aromatic hydroxyl groups is 2. The van der Waals surface area contributed by atoms with Crippen molar-refractivity contribution in [3.8, 4) is 23.0 Å². The van der Waals surface area contributed by atoms with Crippen LogP contribution in [0.2, 0.25) is 0 Å². The second-order valence-corrected chi connectivity index (χ2v) is 4.49. The van der Waals surface area contributed by atoms with E-state index in [2.05, 4.69) is 10.5 Å². The first kappa shape index (κ1) is 16.2. The summed E-state index contributed by atoms with van der Waals surface area (Å²) >= 11 is 0. The van der Waals surface area contributed by atoms with E-state index in [-0.39, 0.29) is 28.6 Å². The van der Waals surface area contributed by atoms with E-state index in [4.69, 9.17) is 9.47 Å². The Kier molecular flexibility index (Phi) is 5.03. The number of hydrazone groups is 1. The van der Waals surface area contributed by atoms with Crippen molar-refractivity contribution in [2.45, 2.75) is 0 Å². The average Bonchev–Trinajstić information content (AvgIpc) is 2.56. The van der Waals surface area contributed by atoms with Crippen LogP contribution in [-0.4, -0.2) is 36.6 Å². The molecule has 120 valence electrons. The molecule has 0 saturated carbocycles. The number of para-hydroxylation sites is 1. The van der Waals surface area contributed by atoms with Crippen LogP contribution in [0, 0.1) is 0 Å². The minimum atomic E-state index is -0.544. The van der Waals surface area contributed by atoms with Gasteiger partial charge < -0.3 is 19.7 Å². The molecule has 7 heteroatoms. The van der Waals surface area contributed by atoms with Gasteiger partial charge in [-0.2, -0.15) is 5.10 Å². The summed E-state index contributed by atoms with van der Waals surface area (Å²) in [6, 6.07) is 9.21. The molecule has 0 atom stereocenters. The van der Waals surface area contributed by atoms with Gasteiger partial charge in [0.2, 0.25) is 5.75 Å². The molecule has 0 aliphatic heterocycles. The highest BCUT2D eigenvalue weighted by molar-refractivity contribution is 5.97. The van der Waals surface area contributed by atoms with Crippen LogP contribution in [0.15, 0.2) is 41.5 Å². The van der Waals surface area contributed by atoms with Gasteiger partial charge in [0.05, 0.1) is 26.0 Å². The van der Waals surface area contributed by atoms with Gasteiger partial charge in [0.1, 0.15) is 5.75 Å². The highest BCUT2D eigenvalue weighted by Crippen LogP contribution is 2.36. The molecule has 23 heavy (non-hydrogen) atoms. The summed E-state index contributed by atoms with van der Waals surface area (Å²) in [4.78, 5) is 11.9. The standard InChI is InChI=1S/C16H16N2O5/c1-22-13-7-10(8-14(23-2)15(13)20)9-17-18-16(21)11-5-3-4-6-12(11)19/h3-9,19-20H,1-2H3,(H,18,21)/b17-9+. The minimum Gasteiger partial charge on any atom is -0.507 e. The Bertz CT molecular complexity index is 718. The summed E-state index contributed by atoms with van der Waals surface area (Å²) in [5.74, 6) is -0.355. The summed E-state index contributed by atoms with van der Waals surface area (Å²) in [5.41, 5.74) is 2.97. The first-order valence-corrected chi connectivity index (χ1v) is 6.63. The van der Waals surface area contributed by atoms with Gasteiger partial charge in [-0.3, -0.25) is 4.79 Å². The van der Waals surface area contributed by atoms with Crippen molar-refractivity contribution in [1.82, 2.24) is 5.43 Å². The zero-order valence-electron chi connectivity index (χ0n) is 12.6. The number of benzene rings is 2. The number of nitrogens with one attached hydrogen (secondary N) is 1. The summed E-state index contributed by atoms with van der Waals surface area (Å²) < 4.78 is 10.1. The lowest BCUT2D eigenvalue weighted by molar-refractivity contribution is 0.0952. The van der Waals surface area contributed by atoms with Crippen molar-refractivity contribution in [3.63, 3.8) is 0 Å². The first-order chi connectivity index (χ1) is 11.1. The predicted octanol–water partition coefficient (Wildman–Crippen LogP) is 1.88. The summed E-state index contributed by atoms with van der Waals surface area (Å²) in [6.07, 6.45) is 1.36. The molecule has 0 aliphatic rings. The van der Waals surface area contributed by atoms with Crippen LogP contribution < -0.4 is 14.9 Å². The van der Waals surface area contributed by atoms with Gasteiger partial charge >= 0.3 is 0 Å². The Balaban J connectivity index is 2.15. The van der Waals surface area contributed by atoms with Gasteiger partial charge in [-0.25, -0.2) is 5.43 Å². The summed E-state index contributed by atoms with van der Waals surface area (Å²) in [5, 5.41) is 23.2. The molecule has 0 saturated heterocycles.